The summed E-state index contributed by atoms with van der Waals surface area (Å²) in [5.41, 5.74) is 0.321. The van der Waals surface area contributed by atoms with Crippen molar-refractivity contribution in [3.63, 3.8) is 0 Å². The van der Waals surface area contributed by atoms with Gasteiger partial charge in [-0.1, -0.05) is 6.92 Å². The molecule has 33 heavy (non-hydrogen) atoms. The summed E-state index contributed by atoms with van der Waals surface area (Å²) in [6, 6.07) is 2.29. The molecule has 3 heterocycles. The maximum Gasteiger partial charge on any atom is 0.248 e. The third kappa shape index (κ3) is 4.92. The molecule has 0 spiro atoms. The maximum absolute atomic E-state index is 14.8. The largest absolute Gasteiger partial charge is 0.394 e. The molecule has 176 valence electrons. The molecule has 0 aromatic carbocycles. The van der Waals surface area contributed by atoms with Gasteiger partial charge in [0.1, 0.15) is 23.6 Å². The first kappa shape index (κ1) is 23.0. The average molecular weight is 462 g/mol. The SMILES string of the molecule is CCC(CO)Nc1ncnc2[nH]cc(C(=O)c3ccc(NC4CCC(F)(F)CC4)nc3F)c12. The fourth-order valence-corrected chi connectivity index (χ4v) is 3.94. The Bertz CT molecular complexity index is 1140. The van der Waals surface area contributed by atoms with Crippen LogP contribution < -0.4 is 10.6 Å². The Morgan fingerprint density at radius 3 is 2.70 bits per heavy atom. The van der Waals surface area contributed by atoms with E-state index < -0.39 is 17.7 Å². The number of nitrogens with one attached hydrogen (secondary N) is 3. The third-order valence-corrected chi connectivity index (χ3v) is 5.93. The van der Waals surface area contributed by atoms with Gasteiger partial charge in [-0.3, -0.25) is 4.79 Å². The highest BCUT2D eigenvalue weighted by Gasteiger charge is 2.35. The lowest BCUT2D eigenvalue weighted by Gasteiger charge is -2.29. The minimum Gasteiger partial charge on any atom is -0.394 e. The van der Waals surface area contributed by atoms with Crippen LogP contribution in [-0.2, 0) is 0 Å². The van der Waals surface area contributed by atoms with Gasteiger partial charge in [0, 0.05) is 25.1 Å². The highest BCUT2D eigenvalue weighted by Crippen LogP contribution is 2.34. The molecule has 1 saturated carbocycles. The fraction of sp³-hybridized carbons (Fsp3) is 0.455. The summed E-state index contributed by atoms with van der Waals surface area (Å²) in [6.07, 6.45) is 3.45. The number of fused-ring (bicyclic) bond motifs is 1. The summed E-state index contributed by atoms with van der Waals surface area (Å²) >= 11 is 0. The zero-order valence-corrected chi connectivity index (χ0v) is 18.0. The number of pyridine rings is 1. The van der Waals surface area contributed by atoms with Crippen molar-refractivity contribution in [3.8, 4) is 0 Å². The second-order valence-corrected chi connectivity index (χ2v) is 8.22. The monoisotopic (exact) mass is 462 g/mol. The van der Waals surface area contributed by atoms with E-state index >= 15 is 0 Å². The van der Waals surface area contributed by atoms with Crippen molar-refractivity contribution < 1.29 is 23.1 Å². The van der Waals surface area contributed by atoms with Gasteiger partial charge in [0.05, 0.1) is 29.2 Å². The number of aromatic nitrogens is 4. The van der Waals surface area contributed by atoms with Crippen LogP contribution >= 0.6 is 0 Å². The van der Waals surface area contributed by atoms with Crippen LogP contribution in [-0.4, -0.2) is 55.4 Å². The molecule has 1 aliphatic rings. The van der Waals surface area contributed by atoms with Gasteiger partial charge in [0.15, 0.2) is 5.78 Å². The Morgan fingerprint density at radius 1 is 1.27 bits per heavy atom. The highest BCUT2D eigenvalue weighted by atomic mass is 19.3. The summed E-state index contributed by atoms with van der Waals surface area (Å²) in [5.74, 6) is -3.68. The van der Waals surface area contributed by atoms with Crippen molar-refractivity contribution >= 4 is 28.5 Å². The van der Waals surface area contributed by atoms with Gasteiger partial charge in [0.2, 0.25) is 11.9 Å². The van der Waals surface area contributed by atoms with Crippen molar-refractivity contribution in [2.75, 3.05) is 17.2 Å². The number of nitrogens with zero attached hydrogens (tertiary/aromatic N) is 3. The molecule has 8 nitrogen and oxygen atoms in total. The van der Waals surface area contributed by atoms with E-state index in [0.29, 0.717) is 23.3 Å². The van der Waals surface area contributed by atoms with Crippen LogP contribution in [0.25, 0.3) is 11.0 Å². The number of carbonyl (C=O) groups excluding carboxylic acids is 1. The standard InChI is InChI=1S/C22H25F3N6O2/c1-2-12(10-32)30-21-17-15(9-26-20(17)27-11-28-21)18(33)14-3-4-16(31-19(14)23)29-13-5-7-22(24,25)8-6-13/h3-4,9,11-13,32H,2,5-8,10H2,1H3,(H,29,31)(H2,26,27,28,30). The summed E-state index contributed by atoms with van der Waals surface area (Å²) in [6.45, 7) is 1.77. The van der Waals surface area contributed by atoms with Crippen molar-refractivity contribution in [1.82, 2.24) is 19.9 Å². The van der Waals surface area contributed by atoms with E-state index in [9.17, 15) is 23.1 Å². The maximum atomic E-state index is 14.8. The van der Waals surface area contributed by atoms with Crippen LogP contribution in [0.1, 0.15) is 54.9 Å². The molecule has 0 amide bonds. The van der Waals surface area contributed by atoms with Gasteiger partial charge >= 0.3 is 0 Å². The van der Waals surface area contributed by atoms with Crippen molar-refractivity contribution in [2.24, 2.45) is 0 Å². The van der Waals surface area contributed by atoms with Gasteiger partial charge in [0.25, 0.3) is 0 Å². The lowest BCUT2D eigenvalue weighted by molar-refractivity contribution is -0.0361. The number of ketones is 1. The topological polar surface area (TPSA) is 116 Å². The number of aliphatic hydroxyl groups is 1. The molecule has 3 aromatic rings. The molecule has 0 bridgehead atoms. The van der Waals surface area contributed by atoms with Gasteiger partial charge in [-0.25, -0.2) is 23.7 Å². The first-order valence-corrected chi connectivity index (χ1v) is 10.9. The lowest BCUT2D eigenvalue weighted by Crippen LogP contribution is -2.32. The van der Waals surface area contributed by atoms with E-state index in [2.05, 4.69) is 30.6 Å². The minimum atomic E-state index is -2.65. The number of rotatable bonds is 8. The van der Waals surface area contributed by atoms with E-state index in [4.69, 9.17) is 0 Å². The summed E-state index contributed by atoms with van der Waals surface area (Å²) in [4.78, 5) is 28.2. The first-order chi connectivity index (χ1) is 15.8. The smallest absolute Gasteiger partial charge is 0.248 e. The number of aliphatic hydroxyl groups excluding tert-OH is 1. The number of aromatic amines is 1. The molecular formula is C22H25F3N6O2. The van der Waals surface area contributed by atoms with Crippen LogP contribution in [0.4, 0.5) is 24.8 Å². The molecule has 1 fully saturated rings. The zero-order chi connectivity index (χ0) is 23.6. The van der Waals surface area contributed by atoms with Gasteiger partial charge in [-0.2, -0.15) is 4.39 Å². The third-order valence-electron chi connectivity index (χ3n) is 5.93. The molecule has 4 N–H and O–H groups in total. The van der Waals surface area contributed by atoms with Crippen LogP contribution in [0, 0.1) is 5.95 Å². The Balaban J connectivity index is 1.57. The molecule has 3 aromatic heterocycles. The fourth-order valence-electron chi connectivity index (χ4n) is 3.94. The molecule has 11 heteroatoms. The van der Waals surface area contributed by atoms with Crippen LogP contribution in [0.5, 0.6) is 0 Å². The second-order valence-electron chi connectivity index (χ2n) is 8.22. The lowest BCUT2D eigenvalue weighted by atomic mass is 9.92. The highest BCUT2D eigenvalue weighted by molar-refractivity contribution is 6.18. The van der Waals surface area contributed by atoms with Crippen LogP contribution in [0.3, 0.4) is 0 Å². The molecule has 0 saturated heterocycles. The van der Waals surface area contributed by atoms with Crippen molar-refractivity contribution in [3.05, 3.63) is 41.7 Å². The Hall–Kier alpha value is -3.21. The van der Waals surface area contributed by atoms with Crippen molar-refractivity contribution in [1.29, 1.82) is 0 Å². The number of hydrogen-bond donors (Lipinski definition) is 4. The van der Waals surface area contributed by atoms with Gasteiger partial charge in [-0.15, -0.1) is 0 Å². The number of H-pyrrole nitrogens is 1. The molecule has 4 rings (SSSR count). The molecule has 1 atom stereocenters. The predicted octanol–water partition coefficient (Wildman–Crippen LogP) is 3.90. The number of halogens is 3. The molecule has 1 unspecified atom stereocenters. The molecular weight excluding hydrogens is 437 g/mol. The average Bonchev–Trinajstić information content (AvgIpc) is 3.23. The van der Waals surface area contributed by atoms with E-state index in [-0.39, 0.29) is 61.3 Å². The van der Waals surface area contributed by atoms with E-state index in [1.807, 2.05) is 6.92 Å². The number of anilines is 2. The van der Waals surface area contributed by atoms with E-state index in [0.717, 1.165) is 0 Å². The normalized spacial score (nSPS) is 17.1. The molecule has 1 aliphatic carbocycles. The molecule has 0 radical (unpaired) electrons. The summed E-state index contributed by atoms with van der Waals surface area (Å²) in [5, 5.41) is 15.9. The molecule has 0 aliphatic heterocycles. The number of hydrogen-bond acceptors (Lipinski definition) is 7. The Kier molecular flexibility index (Phi) is 6.50. The van der Waals surface area contributed by atoms with Crippen LogP contribution in [0.15, 0.2) is 24.7 Å². The van der Waals surface area contributed by atoms with Crippen LogP contribution in [0.2, 0.25) is 0 Å². The summed E-state index contributed by atoms with van der Waals surface area (Å²) in [7, 11) is 0. The minimum absolute atomic E-state index is 0.124. The second kappa shape index (κ2) is 9.34. The summed E-state index contributed by atoms with van der Waals surface area (Å²) < 4.78 is 41.5. The quantitative estimate of drug-likeness (QED) is 0.296. The number of alkyl halides is 2. The zero-order valence-electron chi connectivity index (χ0n) is 18.0. The van der Waals surface area contributed by atoms with E-state index in [1.165, 1.54) is 24.7 Å². The number of carbonyl (C=O) groups is 1. The first-order valence-electron chi connectivity index (χ1n) is 10.9. The van der Waals surface area contributed by atoms with Gasteiger partial charge < -0.3 is 20.7 Å². The van der Waals surface area contributed by atoms with E-state index in [1.54, 1.807) is 0 Å². The Labute approximate surface area is 188 Å². The predicted molar refractivity (Wildman–Crippen MR) is 117 cm³/mol. The van der Waals surface area contributed by atoms with Crippen molar-refractivity contribution in [2.45, 2.75) is 57.0 Å². The Morgan fingerprint density at radius 2 is 2.03 bits per heavy atom. The van der Waals surface area contributed by atoms with Gasteiger partial charge in [-0.05, 0) is 31.4 Å².